The fraction of sp³-hybridized carbons (Fsp3) is 0.115. The predicted octanol–water partition coefficient (Wildman–Crippen LogP) is 5.38. The molecule has 1 N–H and O–H groups in total. The van der Waals surface area contributed by atoms with Crippen LogP contribution in [0.1, 0.15) is 22.7 Å². The first-order valence-corrected chi connectivity index (χ1v) is 11.3. The van der Waals surface area contributed by atoms with Crippen molar-refractivity contribution in [1.82, 2.24) is 4.98 Å². The number of thiazole rings is 1. The summed E-state index contributed by atoms with van der Waals surface area (Å²) in [7, 11) is 1.52. The summed E-state index contributed by atoms with van der Waals surface area (Å²) in [5.74, 6) is -2.00. The lowest BCUT2D eigenvalue weighted by molar-refractivity contribution is -0.132. The minimum atomic E-state index is -1.04. The molecule has 0 aliphatic carbocycles. The van der Waals surface area contributed by atoms with Gasteiger partial charge in [0.05, 0.1) is 28.9 Å². The van der Waals surface area contributed by atoms with Gasteiger partial charge < -0.3 is 9.84 Å². The van der Waals surface area contributed by atoms with E-state index in [9.17, 15) is 19.1 Å². The zero-order chi connectivity index (χ0) is 24.0. The number of rotatable bonds is 4. The minimum absolute atomic E-state index is 0.129. The lowest BCUT2D eigenvalue weighted by Crippen LogP contribution is -2.29. The van der Waals surface area contributed by atoms with Gasteiger partial charge in [-0.05, 0) is 66.6 Å². The van der Waals surface area contributed by atoms with Crippen molar-refractivity contribution in [3.8, 4) is 5.75 Å². The molecule has 1 atom stereocenters. The van der Waals surface area contributed by atoms with E-state index in [-0.39, 0.29) is 11.3 Å². The number of benzene rings is 3. The van der Waals surface area contributed by atoms with Gasteiger partial charge in [0, 0.05) is 5.56 Å². The molecule has 5 rings (SSSR count). The third-order valence-corrected chi connectivity index (χ3v) is 6.73. The molecule has 0 radical (unpaired) electrons. The molecule has 1 aliphatic heterocycles. The van der Waals surface area contributed by atoms with Gasteiger partial charge in [0.1, 0.15) is 17.3 Å². The third kappa shape index (κ3) is 3.62. The molecule has 0 bridgehead atoms. The Kier molecular flexibility index (Phi) is 5.37. The number of hydrogen-bond acceptors (Lipinski definition) is 6. The van der Waals surface area contributed by atoms with Crippen LogP contribution in [-0.4, -0.2) is 28.9 Å². The number of anilines is 1. The number of Topliss-reactive ketones (excluding diaryl/α,β-unsaturated/α-hetero) is 1. The Balaban J connectivity index is 1.72. The van der Waals surface area contributed by atoms with Gasteiger partial charge in [0.15, 0.2) is 5.13 Å². The predicted molar refractivity (Wildman–Crippen MR) is 129 cm³/mol. The number of aliphatic hydroxyl groups is 1. The van der Waals surface area contributed by atoms with E-state index in [1.165, 1.54) is 41.5 Å². The molecule has 2 heterocycles. The highest BCUT2D eigenvalue weighted by atomic mass is 32.1. The molecule has 34 heavy (non-hydrogen) atoms. The number of aromatic nitrogens is 1. The van der Waals surface area contributed by atoms with Crippen LogP contribution in [0.2, 0.25) is 0 Å². The van der Waals surface area contributed by atoms with E-state index in [1.54, 1.807) is 30.3 Å². The SMILES string of the molecule is COc1ccc(C(O)=C2C(=O)C(=O)N(c3nc4ccc(C)cc4s3)[C@@H]2c2cccc(F)c2)cc1. The van der Waals surface area contributed by atoms with Crippen LogP contribution in [0.3, 0.4) is 0 Å². The van der Waals surface area contributed by atoms with Crippen molar-refractivity contribution in [3.63, 3.8) is 0 Å². The Morgan fingerprint density at radius 1 is 1.09 bits per heavy atom. The van der Waals surface area contributed by atoms with Gasteiger partial charge in [-0.15, -0.1) is 0 Å². The van der Waals surface area contributed by atoms with E-state index in [1.807, 2.05) is 25.1 Å². The van der Waals surface area contributed by atoms with Crippen LogP contribution in [0.4, 0.5) is 9.52 Å². The Bertz CT molecular complexity index is 1480. The second-order valence-electron chi connectivity index (χ2n) is 7.92. The van der Waals surface area contributed by atoms with Crippen molar-refractivity contribution in [2.45, 2.75) is 13.0 Å². The molecule has 1 aromatic heterocycles. The molecule has 4 aromatic rings. The van der Waals surface area contributed by atoms with Crippen molar-refractivity contribution in [2.24, 2.45) is 0 Å². The van der Waals surface area contributed by atoms with E-state index in [2.05, 4.69) is 4.98 Å². The Hall–Kier alpha value is -4.04. The number of ether oxygens (including phenoxy) is 1. The van der Waals surface area contributed by atoms with Gasteiger partial charge >= 0.3 is 5.91 Å². The Morgan fingerprint density at radius 3 is 2.56 bits per heavy atom. The summed E-state index contributed by atoms with van der Waals surface area (Å²) in [6.45, 7) is 1.95. The number of nitrogens with zero attached hydrogens (tertiary/aromatic N) is 2. The summed E-state index contributed by atoms with van der Waals surface area (Å²) >= 11 is 1.26. The van der Waals surface area contributed by atoms with Crippen LogP contribution in [0, 0.1) is 12.7 Å². The summed E-state index contributed by atoms with van der Waals surface area (Å²) < 4.78 is 20.2. The molecular weight excluding hydrogens is 455 g/mol. The molecule has 1 fully saturated rings. The standard InChI is InChI=1S/C26H19FN2O4S/c1-14-6-11-19-20(12-14)34-26(28-19)29-22(16-4-3-5-17(27)13-16)21(24(31)25(29)32)23(30)15-7-9-18(33-2)10-8-15/h3-13,22,30H,1-2H3/t22-/m1/s1. The first-order valence-electron chi connectivity index (χ1n) is 10.5. The molecule has 0 spiro atoms. The van der Waals surface area contributed by atoms with E-state index in [4.69, 9.17) is 4.74 Å². The number of methoxy groups -OCH3 is 1. The van der Waals surface area contributed by atoms with Crippen molar-refractivity contribution in [2.75, 3.05) is 12.0 Å². The fourth-order valence-electron chi connectivity index (χ4n) is 4.05. The highest BCUT2D eigenvalue weighted by Crippen LogP contribution is 2.44. The summed E-state index contributed by atoms with van der Waals surface area (Å²) in [4.78, 5) is 32.3. The molecule has 1 saturated heterocycles. The molecule has 170 valence electrons. The zero-order valence-electron chi connectivity index (χ0n) is 18.3. The van der Waals surface area contributed by atoms with Gasteiger partial charge in [-0.3, -0.25) is 14.5 Å². The molecule has 0 saturated carbocycles. The van der Waals surface area contributed by atoms with Crippen molar-refractivity contribution in [3.05, 3.63) is 94.8 Å². The zero-order valence-corrected chi connectivity index (χ0v) is 19.1. The van der Waals surface area contributed by atoms with Crippen molar-refractivity contribution < 1.29 is 23.8 Å². The number of carbonyl (C=O) groups excluding carboxylic acids is 2. The topological polar surface area (TPSA) is 79.7 Å². The molecule has 8 heteroatoms. The average Bonchev–Trinajstić information content (AvgIpc) is 3.36. The number of halogens is 1. The number of aliphatic hydroxyl groups excluding tert-OH is 1. The second-order valence-corrected chi connectivity index (χ2v) is 8.93. The van der Waals surface area contributed by atoms with E-state index >= 15 is 0 Å². The first-order chi connectivity index (χ1) is 16.4. The van der Waals surface area contributed by atoms with Gasteiger partial charge in [0.25, 0.3) is 5.78 Å². The number of fused-ring (bicyclic) bond motifs is 1. The molecular formula is C26H19FN2O4S. The molecule has 0 unspecified atom stereocenters. The summed E-state index contributed by atoms with van der Waals surface area (Å²) in [5.41, 5.74) is 2.27. The van der Waals surface area contributed by atoms with Crippen molar-refractivity contribution >= 4 is 44.1 Å². The molecule has 6 nitrogen and oxygen atoms in total. The number of carbonyl (C=O) groups is 2. The maximum Gasteiger partial charge on any atom is 0.301 e. The van der Waals surface area contributed by atoms with Crippen LogP contribution in [0.5, 0.6) is 5.75 Å². The molecule has 1 aliphatic rings. The summed E-state index contributed by atoms with van der Waals surface area (Å²) in [5, 5.41) is 11.4. The van der Waals surface area contributed by atoms with Crippen LogP contribution in [0.25, 0.3) is 16.0 Å². The quantitative estimate of drug-likeness (QED) is 0.244. The van der Waals surface area contributed by atoms with Crippen LogP contribution in [0.15, 0.2) is 72.3 Å². The highest BCUT2D eigenvalue weighted by molar-refractivity contribution is 7.22. The maximum atomic E-state index is 14.2. The summed E-state index contributed by atoms with van der Waals surface area (Å²) in [6, 6.07) is 16.8. The van der Waals surface area contributed by atoms with Gasteiger partial charge in [-0.1, -0.05) is 29.5 Å². The Morgan fingerprint density at radius 2 is 1.85 bits per heavy atom. The van der Waals surface area contributed by atoms with Crippen molar-refractivity contribution in [1.29, 1.82) is 0 Å². The normalized spacial score (nSPS) is 17.5. The van der Waals surface area contributed by atoms with E-state index < -0.39 is 23.5 Å². The largest absolute Gasteiger partial charge is 0.507 e. The lowest BCUT2D eigenvalue weighted by Gasteiger charge is -2.23. The van der Waals surface area contributed by atoms with Crippen LogP contribution < -0.4 is 9.64 Å². The lowest BCUT2D eigenvalue weighted by atomic mass is 9.95. The average molecular weight is 475 g/mol. The molecule has 3 aromatic carbocycles. The highest BCUT2D eigenvalue weighted by Gasteiger charge is 2.48. The second kappa shape index (κ2) is 8.39. The first kappa shape index (κ1) is 21.8. The minimum Gasteiger partial charge on any atom is -0.507 e. The van der Waals surface area contributed by atoms with Gasteiger partial charge in [-0.25, -0.2) is 9.37 Å². The number of hydrogen-bond donors (Lipinski definition) is 1. The van der Waals surface area contributed by atoms with Gasteiger partial charge in [-0.2, -0.15) is 0 Å². The maximum absolute atomic E-state index is 14.2. The van der Waals surface area contributed by atoms with Crippen LogP contribution in [-0.2, 0) is 9.59 Å². The molecule has 1 amide bonds. The van der Waals surface area contributed by atoms with E-state index in [0.717, 1.165) is 10.3 Å². The summed E-state index contributed by atoms with van der Waals surface area (Å²) in [6.07, 6.45) is 0. The Labute approximate surface area is 198 Å². The number of aryl methyl sites for hydroxylation is 1. The number of amides is 1. The monoisotopic (exact) mass is 474 g/mol. The van der Waals surface area contributed by atoms with Gasteiger partial charge in [0.2, 0.25) is 0 Å². The van der Waals surface area contributed by atoms with Crippen LogP contribution >= 0.6 is 11.3 Å². The van der Waals surface area contributed by atoms with E-state index in [0.29, 0.717) is 27.5 Å². The number of ketones is 1. The fourth-order valence-corrected chi connectivity index (χ4v) is 5.14. The third-order valence-electron chi connectivity index (χ3n) is 5.71. The smallest absolute Gasteiger partial charge is 0.301 e.